The van der Waals surface area contributed by atoms with Crippen molar-refractivity contribution in [2.45, 2.75) is 39.8 Å². The quantitative estimate of drug-likeness (QED) is 0.753. The molecule has 0 unspecified atom stereocenters. The molecule has 0 bridgehead atoms. The second-order valence-electron chi connectivity index (χ2n) is 6.15. The van der Waals surface area contributed by atoms with Gasteiger partial charge in [-0.25, -0.2) is 0 Å². The van der Waals surface area contributed by atoms with E-state index in [0.29, 0.717) is 11.7 Å². The van der Waals surface area contributed by atoms with Crippen LogP contribution in [-0.4, -0.2) is 29.7 Å². The Bertz CT molecular complexity index is 502. The summed E-state index contributed by atoms with van der Waals surface area (Å²) >= 11 is 0. The molecule has 1 aromatic rings. The highest BCUT2D eigenvalue weighted by Gasteiger charge is 2.44. The summed E-state index contributed by atoms with van der Waals surface area (Å²) in [6, 6.07) is 1.89. The molecule has 1 aromatic heterocycles. The molecule has 21 heavy (non-hydrogen) atoms. The van der Waals surface area contributed by atoms with E-state index in [-0.39, 0.29) is 11.8 Å². The molecule has 1 aliphatic carbocycles. The van der Waals surface area contributed by atoms with Gasteiger partial charge in [-0.05, 0) is 57.8 Å². The van der Waals surface area contributed by atoms with E-state index in [0.717, 1.165) is 25.1 Å². The van der Waals surface area contributed by atoms with E-state index in [1.807, 2.05) is 26.8 Å². The van der Waals surface area contributed by atoms with Gasteiger partial charge in [-0.3, -0.25) is 9.78 Å². The lowest BCUT2D eigenvalue weighted by molar-refractivity contribution is -0.127. The van der Waals surface area contributed by atoms with Crippen molar-refractivity contribution in [2.75, 3.05) is 13.1 Å². The minimum atomic E-state index is -0.740. The van der Waals surface area contributed by atoms with Crippen molar-refractivity contribution in [2.24, 2.45) is 11.8 Å². The van der Waals surface area contributed by atoms with E-state index in [1.165, 1.54) is 0 Å². The van der Waals surface area contributed by atoms with Gasteiger partial charge in [0.2, 0.25) is 5.91 Å². The van der Waals surface area contributed by atoms with Crippen molar-refractivity contribution in [3.05, 3.63) is 24.0 Å². The van der Waals surface area contributed by atoms with Crippen molar-refractivity contribution < 1.29 is 9.53 Å². The lowest BCUT2D eigenvalue weighted by atomic mass is 10.2. The van der Waals surface area contributed by atoms with Crippen LogP contribution in [0.15, 0.2) is 18.5 Å². The largest absolute Gasteiger partial charge is 0.467 e. The summed E-state index contributed by atoms with van der Waals surface area (Å²) in [5.74, 6) is 1.34. The van der Waals surface area contributed by atoms with Crippen molar-refractivity contribution in [3.8, 4) is 5.75 Å². The lowest BCUT2D eigenvalue weighted by Gasteiger charge is -2.28. The molecule has 1 heterocycles. The van der Waals surface area contributed by atoms with Crippen LogP contribution < -0.4 is 15.4 Å². The Morgan fingerprint density at radius 3 is 2.95 bits per heavy atom. The fourth-order valence-electron chi connectivity index (χ4n) is 2.37. The van der Waals surface area contributed by atoms with Gasteiger partial charge in [-0.1, -0.05) is 6.92 Å². The summed E-state index contributed by atoms with van der Waals surface area (Å²) in [5.41, 5.74) is 0.264. The first kappa shape index (κ1) is 15.8. The first-order valence-electron chi connectivity index (χ1n) is 7.55. The number of aryl methyl sites for hydroxylation is 1. The molecule has 1 saturated carbocycles. The van der Waals surface area contributed by atoms with E-state index >= 15 is 0 Å². The Morgan fingerprint density at radius 1 is 1.52 bits per heavy atom. The van der Waals surface area contributed by atoms with Gasteiger partial charge in [0.1, 0.15) is 5.75 Å². The van der Waals surface area contributed by atoms with Gasteiger partial charge in [0.25, 0.3) is 0 Å². The maximum absolute atomic E-state index is 12.2. The fraction of sp³-hybridized carbons (Fsp3) is 0.625. The van der Waals surface area contributed by atoms with E-state index in [2.05, 4.69) is 22.5 Å². The van der Waals surface area contributed by atoms with Crippen molar-refractivity contribution >= 4 is 5.91 Å². The standard InChI is InChI=1S/C16H25N3O2/c1-5-17-9-12-8-13(12)15(20)19-16(3,4)21-14-10-18-7-6-11(14)2/h6-7,10,12-13,17H,5,8-9H2,1-4H3,(H,19,20)/t12-,13+/m1/s1. The summed E-state index contributed by atoms with van der Waals surface area (Å²) in [7, 11) is 0. The van der Waals surface area contributed by atoms with E-state index in [9.17, 15) is 4.79 Å². The van der Waals surface area contributed by atoms with Crippen molar-refractivity contribution in [1.29, 1.82) is 0 Å². The highest BCUT2D eigenvalue weighted by molar-refractivity contribution is 5.82. The molecule has 0 aromatic carbocycles. The number of nitrogens with one attached hydrogen (secondary N) is 2. The number of ether oxygens (including phenoxy) is 1. The average molecular weight is 291 g/mol. The number of hydrogen-bond donors (Lipinski definition) is 2. The topological polar surface area (TPSA) is 63.2 Å². The second kappa shape index (κ2) is 6.43. The van der Waals surface area contributed by atoms with Crippen LogP contribution in [0.25, 0.3) is 0 Å². The zero-order chi connectivity index (χ0) is 15.5. The minimum absolute atomic E-state index is 0.0736. The van der Waals surface area contributed by atoms with Gasteiger partial charge < -0.3 is 15.4 Å². The summed E-state index contributed by atoms with van der Waals surface area (Å²) in [6.07, 6.45) is 4.36. The van der Waals surface area contributed by atoms with Crippen molar-refractivity contribution in [1.82, 2.24) is 15.6 Å². The normalized spacial score (nSPS) is 21.0. The smallest absolute Gasteiger partial charge is 0.226 e. The van der Waals surface area contributed by atoms with Gasteiger partial charge in [-0.15, -0.1) is 0 Å². The SMILES string of the molecule is CCNC[C@H]1C[C@@H]1C(=O)NC(C)(C)Oc1cnccc1C. The fourth-order valence-corrected chi connectivity index (χ4v) is 2.37. The molecule has 0 saturated heterocycles. The molecule has 5 nitrogen and oxygen atoms in total. The third kappa shape index (κ3) is 4.43. The van der Waals surface area contributed by atoms with Crippen LogP contribution in [0, 0.1) is 18.8 Å². The first-order valence-corrected chi connectivity index (χ1v) is 7.55. The zero-order valence-electron chi connectivity index (χ0n) is 13.3. The molecular formula is C16H25N3O2. The highest BCUT2D eigenvalue weighted by atomic mass is 16.5. The highest BCUT2D eigenvalue weighted by Crippen LogP contribution is 2.38. The number of aromatic nitrogens is 1. The van der Waals surface area contributed by atoms with Gasteiger partial charge in [0, 0.05) is 12.1 Å². The first-order chi connectivity index (χ1) is 9.93. The van der Waals surface area contributed by atoms with Crippen LogP contribution in [0.5, 0.6) is 5.75 Å². The minimum Gasteiger partial charge on any atom is -0.467 e. The van der Waals surface area contributed by atoms with Crippen LogP contribution in [0.2, 0.25) is 0 Å². The molecule has 0 radical (unpaired) electrons. The molecule has 116 valence electrons. The molecule has 5 heteroatoms. The predicted molar refractivity (Wildman–Crippen MR) is 82.0 cm³/mol. The van der Waals surface area contributed by atoms with Crippen LogP contribution in [0.3, 0.4) is 0 Å². The third-order valence-corrected chi connectivity index (χ3v) is 3.70. The summed E-state index contributed by atoms with van der Waals surface area (Å²) in [5, 5.41) is 6.27. The number of amides is 1. The Labute approximate surface area is 126 Å². The molecule has 1 aliphatic rings. The maximum Gasteiger partial charge on any atom is 0.226 e. The third-order valence-electron chi connectivity index (χ3n) is 3.70. The predicted octanol–water partition coefficient (Wildman–Crippen LogP) is 1.87. The molecule has 2 N–H and O–H groups in total. The van der Waals surface area contributed by atoms with E-state index < -0.39 is 5.72 Å². The van der Waals surface area contributed by atoms with Gasteiger partial charge >= 0.3 is 0 Å². The Hall–Kier alpha value is -1.62. The van der Waals surface area contributed by atoms with Gasteiger partial charge in [0.15, 0.2) is 5.72 Å². The van der Waals surface area contributed by atoms with Crippen LogP contribution in [-0.2, 0) is 4.79 Å². The molecular weight excluding hydrogens is 266 g/mol. The number of rotatable bonds is 7. The summed E-state index contributed by atoms with van der Waals surface area (Å²) < 4.78 is 5.89. The van der Waals surface area contributed by atoms with Crippen LogP contribution in [0.1, 0.15) is 32.8 Å². The van der Waals surface area contributed by atoms with E-state index in [4.69, 9.17) is 4.74 Å². The molecule has 1 amide bonds. The van der Waals surface area contributed by atoms with E-state index in [1.54, 1.807) is 12.4 Å². The molecule has 0 aliphatic heterocycles. The van der Waals surface area contributed by atoms with Crippen LogP contribution >= 0.6 is 0 Å². The molecule has 2 rings (SSSR count). The Balaban J connectivity index is 1.87. The molecule has 2 atom stereocenters. The number of pyridine rings is 1. The summed E-state index contributed by atoms with van der Waals surface area (Å²) in [4.78, 5) is 16.3. The number of nitrogens with zero attached hydrogens (tertiary/aromatic N) is 1. The van der Waals surface area contributed by atoms with Gasteiger partial charge in [0.05, 0.1) is 6.20 Å². The lowest BCUT2D eigenvalue weighted by Crippen LogP contribution is -2.49. The van der Waals surface area contributed by atoms with Crippen molar-refractivity contribution in [3.63, 3.8) is 0 Å². The van der Waals surface area contributed by atoms with Crippen LogP contribution in [0.4, 0.5) is 0 Å². The number of carbonyl (C=O) groups excluding carboxylic acids is 1. The zero-order valence-corrected chi connectivity index (χ0v) is 13.3. The maximum atomic E-state index is 12.2. The number of hydrogen-bond acceptors (Lipinski definition) is 4. The van der Waals surface area contributed by atoms with Gasteiger partial charge in [-0.2, -0.15) is 0 Å². The molecule has 0 spiro atoms. The second-order valence-corrected chi connectivity index (χ2v) is 6.15. The Morgan fingerprint density at radius 2 is 2.29 bits per heavy atom. The Kier molecular flexibility index (Phi) is 4.83. The number of carbonyl (C=O) groups is 1. The average Bonchev–Trinajstić information content (AvgIpc) is 3.18. The molecule has 1 fully saturated rings. The summed E-state index contributed by atoms with van der Waals surface area (Å²) in [6.45, 7) is 9.61. The monoisotopic (exact) mass is 291 g/mol.